The number of carbonyl (C=O) groups excluding carboxylic acids is 2. The molecule has 1 atom stereocenters. The zero-order valence-electron chi connectivity index (χ0n) is 18.6. The molecular formula is C28H23BrN2O3. The number of para-hydroxylation sites is 1. The van der Waals surface area contributed by atoms with Crippen LogP contribution in [0.4, 0.5) is 0 Å². The monoisotopic (exact) mass is 514 g/mol. The minimum absolute atomic E-state index is 0.120. The summed E-state index contributed by atoms with van der Waals surface area (Å²) in [6.07, 6.45) is 2.53. The number of carbonyl (C=O) groups is 2. The number of H-pyrrole nitrogens is 1. The van der Waals surface area contributed by atoms with Gasteiger partial charge in [0.1, 0.15) is 5.76 Å². The Bertz CT molecular complexity index is 1420. The van der Waals surface area contributed by atoms with Gasteiger partial charge in [-0.25, -0.2) is 0 Å². The Kier molecular flexibility index (Phi) is 5.84. The first kappa shape index (κ1) is 22.2. The molecule has 0 aliphatic carbocycles. The topological polar surface area (TPSA) is 73.4 Å². The first-order valence-electron chi connectivity index (χ1n) is 11.1. The minimum Gasteiger partial charge on any atom is -0.507 e. The third-order valence-corrected chi connectivity index (χ3v) is 6.88. The fourth-order valence-corrected chi connectivity index (χ4v) is 4.81. The molecule has 0 radical (unpaired) electrons. The second-order valence-electron chi connectivity index (χ2n) is 8.52. The van der Waals surface area contributed by atoms with Crippen LogP contribution in [0.1, 0.15) is 28.3 Å². The molecule has 3 aromatic carbocycles. The number of aryl methyl sites for hydroxylation is 1. The van der Waals surface area contributed by atoms with Crippen molar-refractivity contribution in [2.24, 2.45) is 0 Å². The van der Waals surface area contributed by atoms with Crippen LogP contribution in [-0.4, -0.2) is 33.2 Å². The SMILES string of the molecule is Cc1ccc(C2/C(=C(/O)c3ccc(Br)cc3)C(=O)C(=O)N2CCc2c[nH]c3ccccc23)cc1. The number of aromatic amines is 1. The molecule has 2 heterocycles. The van der Waals surface area contributed by atoms with E-state index in [-0.39, 0.29) is 11.3 Å². The van der Waals surface area contributed by atoms with Gasteiger partial charge in [-0.2, -0.15) is 0 Å². The summed E-state index contributed by atoms with van der Waals surface area (Å²) < 4.78 is 0.860. The van der Waals surface area contributed by atoms with Crippen molar-refractivity contribution in [2.75, 3.05) is 6.54 Å². The van der Waals surface area contributed by atoms with Gasteiger partial charge < -0.3 is 15.0 Å². The predicted octanol–water partition coefficient (Wildman–Crippen LogP) is 5.90. The van der Waals surface area contributed by atoms with E-state index in [2.05, 4.69) is 20.9 Å². The van der Waals surface area contributed by atoms with Crippen LogP contribution in [0, 0.1) is 6.92 Å². The van der Waals surface area contributed by atoms with E-state index >= 15 is 0 Å². The molecule has 1 aliphatic heterocycles. The van der Waals surface area contributed by atoms with Crippen LogP contribution in [0.25, 0.3) is 16.7 Å². The fourth-order valence-electron chi connectivity index (χ4n) is 4.55. The zero-order chi connectivity index (χ0) is 23.8. The van der Waals surface area contributed by atoms with Gasteiger partial charge in [0.15, 0.2) is 0 Å². The molecule has 0 bridgehead atoms. The predicted molar refractivity (Wildman–Crippen MR) is 136 cm³/mol. The zero-order valence-corrected chi connectivity index (χ0v) is 20.2. The third-order valence-electron chi connectivity index (χ3n) is 6.35. The number of ketones is 1. The molecule has 1 unspecified atom stereocenters. The number of hydrogen-bond acceptors (Lipinski definition) is 3. The highest BCUT2D eigenvalue weighted by Crippen LogP contribution is 2.39. The Labute approximate surface area is 205 Å². The third kappa shape index (κ3) is 3.94. The summed E-state index contributed by atoms with van der Waals surface area (Å²) in [5, 5.41) is 12.3. The number of aromatic nitrogens is 1. The molecule has 0 saturated carbocycles. The number of halogens is 1. The van der Waals surface area contributed by atoms with Gasteiger partial charge in [0, 0.05) is 33.7 Å². The average Bonchev–Trinajstić information content (AvgIpc) is 3.37. The van der Waals surface area contributed by atoms with Crippen LogP contribution >= 0.6 is 15.9 Å². The second kappa shape index (κ2) is 8.95. The van der Waals surface area contributed by atoms with Gasteiger partial charge in [0.2, 0.25) is 0 Å². The van der Waals surface area contributed by atoms with E-state index in [1.165, 1.54) is 0 Å². The number of aliphatic hydroxyl groups excluding tert-OH is 1. The summed E-state index contributed by atoms with van der Waals surface area (Å²) in [4.78, 5) is 31.2. The summed E-state index contributed by atoms with van der Waals surface area (Å²) in [5.41, 5.74) is 4.60. The Hall–Kier alpha value is -3.64. The fraction of sp³-hybridized carbons (Fsp3) is 0.143. The number of hydrogen-bond donors (Lipinski definition) is 2. The Morgan fingerprint density at radius 2 is 1.71 bits per heavy atom. The summed E-state index contributed by atoms with van der Waals surface area (Å²) >= 11 is 3.39. The van der Waals surface area contributed by atoms with Crippen molar-refractivity contribution < 1.29 is 14.7 Å². The number of nitrogens with zero attached hydrogens (tertiary/aromatic N) is 1. The number of aliphatic hydroxyl groups is 1. The maximum Gasteiger partial charge on any atom is 0.295 e. The van der Waals surface area contributed by atoms with Crippen LogP contribution in [0.2, 0.25) is 0 Å². The Balaban J connectivity index is 1.56. The van der Waals surface area contributed by atoms with Crippen molar-refractivity contribution in [3.63, 3.8) is 0 Å². The first-order valence-corrected chi connectivity index (χ1v) is 11.9. The molecule has 2 N–H and O–H groups in total. The molecule has 5 nitrogen and oxygen atoms in total. The van der Waals surface area contributed by atoms with Crippen molar-refractivity contribution >= 4 is 44.3 Å². The highest BCUT2D eigenvalue weighted by molar-refractivity contribution is 9.10. The van der Waals surface area contributed by atoms with Crippen molar-refractivity contribution in [3.05, 3.63) is 111 Å². The molecule has 1 amide bonds. The molecule has 1 aliphatic rings. The lowest BCUT2D eigenvalue weighted by atomic mass is 9.94. The Morgan fingerprint density at radius 3 is 2.44 bits per heavy atom. The van der Waals surface area contributed by atoms with E-state index in [1.807, 2.05) is 61.7 Å². The highest BCUT2D eigenvalue weighted by atomic mass is 79.9. The molecular weight excluding hydrogens is 492 g/mol. The Morgan fingerprint density at radius 1 is 1.00 bits per heavy atom. The molecule has 1 fully saturated rings. The van der Waals surface area contributed by atoms with Crippen LogP contribution in [0.3, 0.4) is 0 Å². The smallest absolute Gasteiger partial charge is 0.295 e. The average molecular weight is 515 g/mol. The highest BCUT2D eigenvalue weighted by Gasteiger charge is 2.45. The molecule has 6 heteroatoms. The van der Waals surface area contributed by atoms with Gasteiger partial charge >= 0.3 is 0 Å². The van der Waals surface area contributed by atoms with E-state index in [0.29, 0.717) is 18.5 Å². The quantitative estimate of drug-likeness (QED) is 0.197. The lowest BCUT2D eigenvalue weighted by Crippen LogP contribution is -2.31. The molecule has 1 saturated heterocycles. The largest absolute Gasteiger partial charge is 0.507 e. The number of amides is 1. The summed E-state index contributed by atoms with van der Waals surface area (Å²) in [6, 6.07) is 22.1. The maximum atomic E-state index is 13.2. The van der Waals surface area contributed by atoms with Gasteiger partial charge in [-0.1, -0.05) is 76.1 Å². The summed E-state index contributed by atoms with van der Waals surface area (Å²) in [6.45, 7) is 2.33. The van der Waals surface area contributed by atoms with Gasteiger partial charge in [-0.05, 0) is 42.7 Å². The van der Waals surface area contributed by atoms with Gasteiger partial charge in [-0.3, -0.25) is 9.59 Å². The summed E-state index contributed by atoms with van der Waals surface area (Å²) in [7, 11) is 0. The van der Waals surface area contributed by atoms with Crippen LogP contribution in [0.5, 0.6) is 0 Å². The van der Waals surface area contributed by atoms with E-state index in [4.69, 9.17) is 0 Å². The van der Waals surface area contributed by atoms with Crippen molar-refractivity contribution in [1.29, 1.82) is 0 Å². The van der Waals surface area contributed by atoms with Gasteiger partial charge in [0.25, 0.3) is 11.7 Å². The van der Waals surface area contributed by atoms with E-state index < -0.39 is 17.7 Å². The van der Waals surface area contributed by atoms with Crippen LogP contribution in [-0.2, 0) is 16.0 Å². The first-order chi connectivity index (χ1) is 16.4. The van der Waals surface area contributed by atoms with Crippen molar-refractivity contribution in [2.45, 2.75) is 19.4 Å². The van der Waals surface area contributed by atoms with Crippen molar-refractivity contribution in [1.82, 2.24) is 9.88 Å². The number of Topliss-reactive ketones (excluding diaryl/α,β-unsaturated/α-hetero) is 1. The molecule has 5 rings (SSSR count). The molecule has 0 spiro atoms. The number of rotatable bonds is 5. The van der Waals surface area contributed by atoms with Gasteiger partial charge in [0.05, 0.1) is 11.6 Å². The number of likely N-dealkylation sites (tertiary alicyclic amines) is 1. The molecule has 4 aromatic rings. The summed E-state index contributed by atoms with van der Waals surface area (Å²) in [5.74, 6) is -1.42. The molecule has 170 valence electrons. The van der Waals surface area contributed by atoms with E-state index in [9.17, 15) is 14.7 Å². The standard InChI is InChI=1S/C28H23BrN2O3/c1-17-6-8-18(9-7-17)25-24(26(32)19-10-12-21(29)13-11-19)27(33)28(34)31(25)15-14-20-16-30-23-5-3-2-4-22(20)23/h2-13,16,25,30,32H,14-15H2,1H3/b26-24-. The van der Waals surface area contributed by atoms with E-state index in [0.717, 1.165) is 32.1 Å². The number of nitrogens with one attached hydrogen (secondary N) is 1. The number of benzene rings is 3. The second-order valence-corrected chi connectivity index (χ2v) is 9.44. The lowest BCUT2D eigenvalue weighted by molar-refractivity contribution is -0.139. The maximum absolute atomic E-state index is 13.2. The van der Waals surface area contributed by atoms with Crippen LogP contribution < -0.4 is 0 Å². The van der Waals surface area contributed by atoms with Crippen LogP contribution in [0.15, 0.2) is 89.0 Å². The molecule has 34 heavy (non-hydrogen) atoms. The number of fused-ring (bicyclic) bond motifs is 1. The van der Waals surface area contributed by atoms with Gasteiger partial charge in [-0.15, -0.1) is 0 Å². The molecule has 1 aromatic heterocycles. The van der Waals surface area contributed by atoms with Crippen molar-refractivity contribution in [3.8, 4) is 0 Å². The minimum atomic E-state index is -0.662. The normalized spacial score (nSPS) is 17.6. The van der Waals surface area contributed by atoms with E-state index in [1.54, 1.807) is 29.2 Å². The lowest BCUT2D eigenvalue weighted by Gasteiger charge is -2.25.